The third-order valence-electron chi connectivity index (χ3n) is 8.36. The summed E-state index contributed by atoms with van der Waals surface area (Å²) in [7, 11) is 0. The monoisotopic (exact) mass is 624 g/mol. The second-order valence-electron chi connectivity index (χ2n) is 11.8. The van der Waals surface area contributed by atoms with Gasteiger partial charge in [0.25, 0.3) is 0 Å². The zero-order chi connectivity index (χ0) is 32.8. The van der Waals surface area contributed by atoms with Crippen molar-refractivity contribution in [1.29, 1.82) is 0 Å². The van der Waals surface area contributed by atoms with Crippen LogP contribution in [0.1, 0.15) is 11.4 Å². The highest BCUT2D eigenvalue weighted by Crippen LogP contribution is 2.37. The number of nitrogens with zero attached hydrogens (tertiary/aromatic N) is 4. The van der Waals surface area contributed by atoms with Gasteiger partial charge < -0.3 is 9.97 Å². The number of hydrogen-bond donors (Lipinski definition) is 2. The number of aryl methyl sites for hydroxylation is 2. The third-order valence-corrected chi connectivity index (χ3v) is 8.36. The number of H-pyrrole nitrogens is 2. The number of nitrogens with one attached hydrogen (secondary N) is 2. The molecule has 6 aromatic heterocycles. The van der Waals surface area contributed by atoms with Gasteiger partial charge in [-0.15, -0.1) is 0 Å². The summed E-state index contributed by atoms with van der Waals surface area (Å²) in [6, 6.07) is 36.9. The maximum Gasteiger partial charge on any atom is 0.249 e. The largest absolute Gasteiger partial charge is 0.307 e. The van der Waals surface area contributed by atoms with Gasteiger partial charge in [-0.3, -0.25) is 19.6 Å². The minimum atomic E-state index is -0.205. The van der Waals surface area contributed by atoms with Crippen molar-refractivity contribution in [3.63, 3.8) is 0 Å². The molecule has 0 atom stereocenters. The lowest BCUT2D eigenvalue weighted by atomic mass is 9.95. The number of rotatable bonds is 5. The predicted octanol–water partition coefficient (Wildman–Crippen LogP) is 7.90. The molecule has 0 saturated heterocycles. The molecule has 48 heavy (non-hydrogen) atoms. The van der Waals surface area contributed by atoms with Gasteiger partial charge >= 0.3 is 0 Å². The van der Waals surface area contributed by atoms with Crippen molar-refractivity contribution < 1.29 is 0 Å². The Morgan fingerprint density at radius 3 is 1.73 bits per heavy atom. The highest BCUT2D eigenvalue weighted by Gasteiger charge is 2.16. The average molecular weight is 625 g/mol. The summed E-state index contributed by atoms with van der Waals surface area (Å²) >= 11 is 0. The molecule has 0 spiro atoms. The molecule has 6 heterocycles. The molecule has 0 amide bonds. The number of fused-ring (bicyclic) bond motifs is 2. The van der Waals surface area contributed by atoms with E-state index in [0.29, 0.717) is 11.3 Å². The van der Waals surface area contributed by atoms with Crippen molar-refractivity contribution in [2.45, 2.75) is 13.8 Å². The molecule has 8 rings (SSSR count). The lowest BCUT2D eigenvalue weighted by Gasteiger charge is -2.14. The number of pyridine rings is 6. The summed E-state index contributed by atoms with van der Waals surface area (Å²) in [4.78, 5) is 49.3. The molecule has 8 aromatic rings. The first-order valence-electron chi connectivity index (χ1n) is 15.5. The zero-order valence-corrected chi connectivity index (χ0v) is 26.2. The van der Waals surface area contributed by atoms with Gasteiger partial charge in [0, 0.05) is 68.3 Å². The van der Waals surface area contributed by atoms with Gasteiger partial charge in [0.2, 0.25) is 11.1 Å². The van der Waals surface area contributed by atoms with E-state index in [1.165, 1.54) is 12.1 Å². The van der Waals surface area contributed by atoms with E-state index < -0.39 is 0 Å². The fourth-order valence-corrected chi connectivity index (χ4v) is 6.21. The minimum Gasteiger partial charge on any atom is -0.307 e. The smallest absolute Gasteiger partial charge is 0.249 e. The van der Waals surface area contributed by atoms with E-state index in [2.05, 4.69) is 51.4 Å². The van der Waals surface area contributed by atoms with Crippen molar-refractivity contribution in [2.24, 2.45) is 0 Å². The van der Waals surface area contributed by atoms with Crippen LogP contribution >= 0.6 is 0 Å². The molecule has 2 N–H and O–H groups in total. The lowest BCUT2D eigenvalue weighted by molar-refractivity contribution is 1.12. The molecule has 0 radical (unpaired) electrons. The molecule has 0 fully saturated rings. The summed E-state index contributed by atoms with van der Waals surface area (Å²) in [5.74, 6) is 0. The zero-order valence-electron chi connectivity index (χ0n) is 26.2. The van der Waals surface area contributed by atoms with Crippen molar-refractivity contribution in [2.75, 3.05) is 0 Å². The molecule has 0 saturated carbocycles. The summed E-state index contributed by atoms with van der Waals surface area (Å²) < 4.78 is 0. The van der Waals surface area contributed by atoms with E-state index in [-0.39, 0.29) is 11.1 Å². The first-order chi connectivity index (χ1) is 23.4. The first kappa shape index (κ1) is 28.9. The van der Waals surface area contributed by atoms with E-state index in [0.717, 1.165) is 78.2 Å². The molecular formula is C40H28N6O2. The van der Waals surface area contributed by atoms with Crippen molar-refractivity contribution in [1.82, 2.24) is 29.9 Å². The Balaban J connectivity index is 1.28. The van der Waals surface area contributed by atoms with Crippen molar-refractivity contribution in [3.05, 3.63) is 154 Å². The summed E-state index contributed by atoms with van der Waals surface area (Å²) in [6.45, 7) is 3.96. The number of benzene rings is 2. The van der Waals surface area contributed by atoms with Gasteiger partial charge in [0.05, 0.1) is 17.1 Å². The van der Waals surface area contributed by atoms with Crippen LogP contribution in [0.5, 0.6) is 0 Å². The minimum absolute atomic E-state index is 0.197. The van der Waals surface area contributed by atoms with Gasteiger partial charge in [-0.1, -0.05) is 48.5 Å². The second-order valence-corrected chi connectivity index (χ2v) is 11.8. The van der Waals surface area contributed by atoms with Crippen LogP contribution in [0.4, 0.5) is 0 Å². The van der Waals surface area contributed by atoms with Crippen LogP contribution in [0.2, 0.25) is 0 Å². The Morgan fingerprint density at radius 2 is 1.06 bits per heavy atom. The van der Waals surface area contributed by atoms with Crippen LogP contribution in [-0.2, 0) is 0 Å². The fourth-order valence-electron chi connectivity index (χ4n) is 6.21. The van der Waals surface area contributed by atoms with Crippen molar-refractivity contribution >= 4 is 22.1 Å². The van der Waals surface area contributed by atoms with Gasteiger partial charge in [-0.05, 0) is 79.6 Å². The van der Waals surface area contributed by atoms with Crippen LogP contribution < -0.4 is 11.1 Å². The number of aromatic nitrogens is 6. The highest BCUT2D eigenvalue weighted by atomic mass is 16.1. The molecule has 0 unspecified atom stereocenters. The van der Waals surface area contributed by atoms with E-state index in [4.69, 9.17) is 15.0 Å². The molecule has 0 aliphatic rings. The molecule has 2 aromatic carbocycles. The molecule has 0 aliphatic heterocycles. The summed E-state index contributed by atoms with van der Waals surface area (Å²) in [5, 5.41) is 1.67. The summed E-state index contributed by atoms with van der Waals surface area (Å²) in [5.41, 5.74) is 11.3. The van der Waals surface area contributed by atoms with Gasteiger partial charge in [0.1, 0.15) is 11.3 Å². The molecule has 8 heteroatoms. The van der Waals surface area contributed by atoms with Crippen molar-refractivity contribution in [3.8, 4) is 56.0 Å². The maximum atomic E-state index is 12.2. The van der Waals surface area contributed by atoms with Crippen LogP contribution in [0.3, 0.4) is 0 Å². The quantitative estimate of drug-likeness (QED) is 0.201. The molecule has 0 aliphatic carbocycles. The van der Waals surface area contributed by atoms with Crippen LogP contribution in [-0.4, -0.2) is 29.9 Å². The first-order valence-corrected chi connectivity index (χ1v) is 15.5. The third kappa shape index (κ3) is 5.45. The molecule has 8 nitrogen and oxygen atoms in total. The van der Waals surface area contributed by atoms with Crippen LogP contribution in [0.25, 0.3) is 78.1 Å². The maximum absolute atomic E-state index is 12.2. The number of aromatic amines is 2. The predicted molar refractivity (Wildman–Crippen MR) is 191 cm³/mol. The Labute approximate surface area is 274 Å². The van der Waals surface area contributed by atoms with E-state index in [1.807, 2.05) is 68.4 Å². The Morgan fingerprint density at radius 1 is 0.479 bits per heavy atom. The number of hydrogen-bond acceptors (Lipinski definition) is 6. The normalized spacial score (nSPS) is 11.3. The van der Waals surface area contributed by atoms with Crippen LogP contribution in [0.15, 0.2) is 131 Å². The standard InChI is InChI=1S/C40H28N6O2/c1-23-17-31(18-24(2)42-23)33-21-30-12-14-36(48)44-40(30)46-38(33)28-10-6-9-27(19-28)34-22-26(15-16-41-34)32-20-29-11-13-35(47)43-39(29)45-37(32)25-7-4-3-5-8-25/h3-22H,1-2H3,(H,43,45,47)(H,44,46,48). The Kier molecular flexibility index (Phi) is 7.03. The van der Waals surface area contributed by atoms with E-state index >= 15 is 0 Å². The summed E-state index contributed by atoms with van der Waals surface area (Å²) in [6.07, 6.45) is 1.80. The highest BCUT2D eigenvalue weighted by molar-refractivity contribution is 5.92. The molecule has 230 valence electrons. The van der Waals surface area contributed by atoms with Gasteiger partial charge in [-0.2, -0.15) is 0 Å². The SMILES string of the molecule is Cc1cc(-c2cc3ccc(=O)[nH]c3nc2-c2cccc(-c3cc(-c4cc5ccc(=O)[nH]c5nc4-c4ccccc4)ccn3)c2)cc(C)n1. The van der Waals surface area contributed by atoms with Gasteiger partial charge in [-0.25, -0.2) is 9.97 Å². The molecule has 0 bridgehead atoms. The second kappa shape index (κ2) is 11.7. The van der Waals surface area contributed by atoms with E-state index in [1.54, 1.807) is 18.3 Å². The van der Waals surface area contributed by atoms with E-state index in [9.17, 15) is 9.59 Å². The average Bonchev–Trinajstić information content (AvgIpc) is 3.10. The molecular weight excluding hydrogens is 596 g/mol. The van der Waals surface area contributed by atoms with Gasteiger partial charge in [0.15, 0.2) is 0 Å². The fraction of sp³-hybridized carbons (Fsp3) is 0.0500. The Hall–Kier alpha value is -6.54. The van der Waals surface area contributed by atoms with Crippen LogP contribution in [0, 0.1) is 13.8 Å². The topological polar surface area (TPSA) is 117 Å². The Bertz CT molecular complexity index is 2620. The lowest BCUT2D eigenvalue weighted by Crippen LogP contribution is -2.05.